The zero-order valence-electron chi connectivity index (χ0n) is 18.8. The summed E-state index contributed by atoms with van der Waals surface area (Å²) in [4.78, 5) is 22.7. The number of amides is 1. The summed E-state index contributed by atoms with van der Waals surface area (Å²) in [5, 5.41) is 22.3. The van der Waals surface area contributed by atoms with Crippen LogP contribution in [0.2, 0.25) is 5.02 Å². The van der Waals surface area contributed by atoms with E-state index < -0.39 is 0 Å². The third kappa shape index (κ3) is 4.81. The molecule has 11 heteroatoms. The minimum Gasteiger partial charge on any atom is -0.472 e. The van der Waals surface area contributed by atoms with Crippen molar-refractivity contribution < 1.29 is 19.0 Å². The van der Waals surface area contributed by atoms with Gasteiger partial charge in [0.25, 0.3) is 0 Å². The number of likely N-dealkylation sites (tertiary alicyclic amines) is 1. The van der Waals surface area contributed by atoms with Gasteiger partial charge in [0.2, 0.25) is 5.88 Å². The molecule has 0 spiro atoms. The lowest BCUT2D eigenvalue weighted by Gasteiger charge is -2.46. The van der Waals surface area contributed by atoms with Crippen LogP contribution in [0.1, 0.15) is 30.4 Å². The number of nitriles is 2. The molecule has 35 heavy (non-hydrogen) atoms. The van der Waals surface area contributed by atoms with Gasteiger partial charge < -0.3 is 24.4 Å². The molecule has 1 aromatic carbocycles. The van der Waals surface area contributed by atoms with E-state index >= 15 is 0 Å². The number of aromatic nitrogens is 2. The van der Waals surface area contributed by atoms with E-state index in [9.17, 15) is 10.1 Å². The third-order valence-corrected chi connectivity index (χ3v) is 6.92. The summed E-state index contributed by atoms with van der Waals surface area (Å²) in [6.07, 6.45) is 3.74. The number of fused-ring (bicyclic) bond motifs is 2. The molecule has 1 aromatic heterocycles. The van der Waals surface area contributed by atoms with Crippen LogP contribution in [-0.4, -0.2) is 59.5 Å². The Labute approximate surface area is 207 Å². The molecule has 1 aliphatic carbocycles. The second-order valence-electron chi connectivity index (χ2n) is 8.93. The Hall–Kier alpha value is -3.60. The highest BCUT2D eigenvalue weighted by Crippen LogP contribution is 2.35. The Morgan fingerprint density at radius 2 is 1.94 bits per heavy atom. The summed E-state index contributed by atoms with van der Waals surface area (Å²) in [7, 11) is 0. The van der Waals surface area contributed by atoms with Gasteiger partial charge in [-0.1, -0.05) is 11.6 Å². The second kappa shape index (κ2) is 9.95. The fourth-order valence-corrected chi connectivity index (χ4v) is 4.77. The molecular weight excluding hydrogens is 472 g/mol. The Balaban J connectivity index is 1.32. The highest BCUT2D eigenvalue weighted by molar-refractivity contribution is 6.33. The van der Waals surface area contributed by atoms with Gasteiger partial charge in [0.05, 0.1) is 35.6 Å². The molecular formula is C24H23ClN6O4. The Bertz CT molecular complexity index is 1190. The van der Waals surface area contributed by atoms with Crippen molar-refractivity contribution in [1.82, 2.24) is 14.9 Å². The van der Waals surface area contributed by atoms with E-state index in [0.29, 0.717) is 42.6 Å². The number of anilines is 2. The molecule has 2 saturated heterocycles. The lowest BCUT2D eigenvalue weighted by atomic mass is 9.84. The van der Waals surface area contributed by atoms with Crippen molar-refractivity contribution in [3.8, 4) is 18.0 Å². The molecule has 1 N–H and O–H groups in total. The zero-order valence-corrected chi connectivity index (χ0v) is 19.6. The van der Waals surface area contributed by atoms with Crippen LogP contribution in [-0.2, 0) is 9.47 Å². The van der Waals surface area contributed by atoms with Gasteiger partial charge in [-0.15, -0.1) is 0 Å². The summed E-state index contributed by atoms with van der Waals surface area (Å²) < 4.78 is 17.6. The lowest BCUT2D eigenvalue weighted by molar-refractivity contribution is -0.112. The third-order valence-electron chi connectivity index (χ3n) is 6.60. The van der Waals surface area contributed by atoms with Crippen LogP contribution in [0.5, 0.6) is 5.88 Å². The van der Waals surface area contributed by atoms with E-state index in [0.717, 1.165) is 19.3 Å². The number of benzene rings is 1. The summed E-state index contributed by atoms with van der Waals surface area (Å²) in [6.45, 7) is 1.78. The van der Waals surface area contributed by atoms with E-state index in [-0.39, 0.29) is 47.4 Å². The number of hydrogen-bond donors (Lipinski definition) is 1. The first-order valence-electron chi connectivity index (χ1n) is 11.5. The maximum Gasteiger partial charge on any atom is 0.410 e. The fourth-order valence-electron chi connectivity index (χ4n) is 4.54. The average Bonchev–Trinajstić information content (AvgIpc) is 2.82. The van der Waals surface area contributed by atoms with Crippen LogP contribution >= 0.6 is 11.6 Å². The topological polar surface area (TPSA) is 133 Å². The molecule has 180 valence electrons. The Morgan fingerprint density at radius 1 is 1.17 bits per heavy atom. The smallest absolute Gasteiger partial charge is 0.410 e. The molecule has 1 saturated carbocycles. The predicted octanol–water partition coefficient (Wildman–Crippen LogP) is 3.63. The van der Waals surface area contributed by atoms with Gasteiger partial charge in [0.15, 0.2) is 11.4 Å². The highest BCUT2D eigenvalue weighted by Gasteiger charge is 2.44. The minimum atomic E-state index is -0.282. The van der Waals surface area contributed by atoms with Crippen LogP contribution in [0.15, 0.2) is 24.5 Å². The van der Waals surface area contributed by atoms with Crippen LogP contribution in [0.25, 0.3) is 0 Å². The molecule has 2 aliphatic heterocycles. The van der Waals surface area contributed by atoms with Crippen LogP contribution in [0.4, 0.5) is 16.3 Å². The summed E-state index contributed by atoms with van der Waals surface area (Å²) in [6, 6.07) is 8.93. The summed E-state index contributed by atoms with van der Waals surface area (Å²) >= 11 is 6.27. The van der Waals surface area contributed by atoms with Crippen molar-refractivity contribution in [3.05, 3.63) is 40.7 Å². The van der Waals surface area contributed by atoms with E-state index in [2.05, 4.69) is 21.4 Å². The molecule has 3 aliphatic rings. The van der Waals surface area contributed by atoms with Crippen molar-refractivity contribution in [2.45, 2.75) is 31.5 Å². The Morgan fingerprint density at radius 3 is 2.57 bits per heavy atom. The maximum atomic E-state index is 12.6. The monoisotopic (exact) mass is 494 g/mol. The van der Waals surface area contributed by atoms with Crippen LogP contribution < -0.4 is 10.1 Å². The van der Waals surface area contributed by atoms with Gasteiger partial charge in [-0.3, -0.25) is 0 Å². The maximum absolute atomic E-state index is 12.6. The molecule has 2 aromatic rings. The van der Waals surface area contributed by atoms with Gasteiger partial charge in [0, 0.05) is 24.9 Å². The number of nitrogens with zero attached hydrogens (tertiary/aromatic N) is 5. The molecule has 3 heterocycles. The van der Waals surface area contributed by atoms with Crippen LogP contribution in [0.3, 0.4) is 0 Å². The molecule has 2 atom stereocenters. The van der Waals surface area contributed by atoms with Crippen molar-refractivity contribution in [1.29, 1.82) is 10.5 Å². The summed E-state index contributed by atoms with van der Waals surface area (Å²) in [5.74, 6) is 0.235. The van der Waals surface area contributed by atoms with E-state index in [4.69, 9.17) is 31.1 Å². The number of carbonyl (C=O) groups excluding carboxylic acids is 1. The van der Waals surface area contributed by atoms with Crippen molar-refractivity contribution in [2.24, 2.45) is 11.8 Å². The summed E-state index contributed by atoms with van der Waals surface area (Å²) in [5.41, 5.74) is 1.05. The van der Waals surface area contributed by atoms with Crippen molar-refractivity contribution in [2.75, 3.05) is 31.6 Å². The van der Waals surface area contributed by atoms with Crippen LogP contribution in [0, 0.1) is 34.5 Å². The van der Waals surface area contributed by atoms with E-state index in [1.807, 2.05) is 6.07 Å². The first kappa shape index (κ1) is 23.2. The van der Waals surface area contributed by atoms with Gasteiger partial charge >= 0.3 is 6.09 Å². The first-order chi connectivity index (χ1) is 17.1. The number of nitrogens with one attached hydrogen (secondary N) is 1. The molecule has 1 amide bonds. The molecule has 2 unspecified atom stereocenters. The van der Waals surface area contributed by atoms with E-state index in [1.54, 1.807) is 17.0 Å². The Kier molecular flexibility index (Phi) is 6.58. The molecule has 5 rings (SSSR count). The average molecular weight is 495 g/mol. The zero-order chi connectivity index (χ0) is 24.4. The number of rotatable bonds is 5. The number of carbonyl (C=O) groups is 1. The fraction of sp³-hybridized carbons (Fsp3) is 0.458. The number of piperidine rings is 1. The first-order valence-corrected chi connectivity index (χ1v) is 11.8. The molecule has 10 nitrogen and oxygen atoms in total. The van der Waals surface area contributed by atoms with Crippen molar-refractivity contribution >= 4 is 29.2 Å². The largest absolute Gasteiger partial charge is 0.472 e. The van der Waals surface area contributed by atoms with Gasteiger partial charge in [-0.25, -0.2) is 14.8 Å². The molecule has 3 fully saturated rings. The number of halogens is 1. The standard InChI is InChI=1S/C24H23ClN6O4/c25-19-6-14(7-26)4-5-20(19)30-22-18(8-27)23(29-13-28-22)35-21-15-9-31(10-16(21)12-33-11-15)24(32)34-17-2-1-3-17/h4-6,13,15-17,21H,1-3,9-12H2,(H,28,29,30). The van der Waals surface area contributed by atoms with E-state index in [1.165, 1.54) is 12.4 Å². The predicted molar refractivity (Wildman–Crippen MR) is 124 cm³/mol. The SMILES string of the molecule is N#Cc1ccc(Nc2ncnc(OC3C4COCC3CN(C(=O)OC3CCC3)C4)c2C#N)c(Cl)c1. The lowest BCUT2D eigenvalue weighted by Crippen LogP contribution is -2.59. The highest BCUT2D eigenvalue weighted by atomic mass is 35.5. The molecule has 2 bridgehead atoms. The number of hydrogen-bond acceptors (Lipinski definition) is 9. The normalized spacial score (nSPS) is 23.4. The van der Waals surface area contributed by atoms with Crippen molar-refractivity contribution in [3.63, 3.8) is 0 Å². The van der Waals surface area contributed by atoms with Gasteiger partial charge in [-0.2, -0.15) is 10.5 Å². The van der Waals surface area contributed by atoms with Gasteiger partial charge in [0.1, 0.15) is 24.6 Å². The second-order valence-corrected chi connectivity index (χ2v) is 9.33. The van der Waals surface area contributed by atoms with Gasteiger partial charge in [-0.05, 0) is 37.5 Å². The number of ether oxygens (including phenoxy) is 3. The molecule has 0 radical (unpaired) electrons. The minimum absolute atomic E-state index is 0.0299. The quantitative estimate of drug-likeness (QED) is 0.661.